The van der Waals surface area contributed by atoms with Crippen molar-refractivity contribution in [2.75, 3.05) is 0 Å². The van der Waals surface area contributed by atoms with Gasteiger partial charge in [-0.25, -0.2) is 13.6 Å². The summed E-state index contributed by atoms with van der Waals surface area (Å²) in [6.07, 6.45) is 0. The summed E-state index contributed by atoms with van der Waals surface area (Å²) in [7, 11) is -8.70. The number of sulfonamides is 1. The van der Waals surface area contributed by atoms with Crippen molar-refractivity contribution < 1.29 is 26.5 Å². The Morgan fingerprint density at radius 3 is 2.12 bits per heavy atom. The second kappa shape index (κ2) is 4.35. The molecule has 0 aromatic heterocycles. The highest BCUT2D eigenvalue weighted by Gasteiger charge is 2.20. The van der Waals surface area contributed by atoms with Crippen LogP contribution in [0.4, 0.5) is 0 Å². The fraction of sp³-hybridized carbons (Fsp3) is 0.250. The number of nitrogens with two attached hydrogens (primary N) is 1. The van der Waals surface area contributed by atoms with Crippen LogP contribution in [0.25, 0.3) is 0 Å². The van der Waals surface area contributed by atoms with Gasteiger partial charge < -0.3 is 5.11 Å². The average Bonchev–Trinajstić information content (AvgIpc) is 2.14. The van der Waals surface area contributed by atoms with E-state index in [1.165, 1.54) is 6.92 Å². The van der Waals surface area contributed by atoms with Crippen molar-refractivity contribution in [3.8, 4) is 0 Å². The number of rotatable bonds is 3. The largest absolute Gasteiger partial charge is 0.392 e. The molecule has 0 aliphatic carbocycles. The Hall–Kier alpha value is -1.00. The maximum Gasteiger partial charge on any atom is 0.294 e. The maximum absolute atomic E-state index is 11.1. The predicted octanol–water partition coefficient (Wildman–Crippen LogP) is -0.619. The van der Waals surface area contributed by atoms with E-state index in [2.05, 4.69) is 0 Å². The lowest BCUT2D eigenvalue weighted by atomic mass is 10.1. The summed E-state index contributed by atoms with van der Waals surface area (Å²) in [5.41, 5.74) is 0.131. The topological polar surface area (TPSA) is 135 Å². The molecule has 0 radical (unpaired) electrons. The van der Waals surface area contributed by atoms with E-state index in [-0.39, 0.29) is 11.1 Å². The molecular formula is C8H11NO6S2. The molecule has 0 atom stereocenters. The minimum absolute atomic E-state index is 0.0594. The molecule has 0 saturated heterocycles. The van der Waals surface area contributed by atoms with Gasteiger partial charge in [0, 0.05) is 0 Å². The van der Waals surface area contributed by atoms with E-state index < -0.39 is 36.5 Å². The van der Waals surface area contributed by atoms with Crippen molar-refractivity contribution in [1.82, 2.24) is 0 Å². The molecule has 0 aliphatic rings. The molecule has 0 heterocycles. The Bertz CT molecular complexity index is 647. The highest BCUT2D eigenvalue weighted by Crippen LogP contribution is 2.23. The molecule has 0 amide bonds. The first-order valence-electron chi connectivity index (χ1n) is 4.32. The lowest BCUT2D eigenvalue weighted by Crippen LogP contribution is -2.15. The highest BCUT2D eigenvalue weighted by atomic mass is 32.2. The van der Waals surface area contributed by atoms with Gasteiger partial charge in [-0.2, -0.15) is 8.42 Å². The molecule has 0 fully saturated rings. The molecule has 1 rings (SSSR count). The molecule has 9 heteroatoms. The van der Waals surface area contributed by atoms with Gasteiger partial charge in [0.1, 0.15) is 0 Å². The summed E-state index contributed by atoms with van der Waals surface area (Å²) in [4.78, 5) is -1.08. The summed E-state index contributed by atoms with van der Waals surface area (Å²) < 4.78 is 53.2. The zero-order valence-corrected chi connectivity index (χ0v) is 10.4. The van der Waals surface area contributed by atoms with Gasteiger partial charge in [-0.05, 0) is 30.2 Å². The molecule has 0 spiro atoms. The van der Waals surface area contributed by atoms with Crippen molar-refractivity contribution in [3.05, 3.63) is 23.3 Å². The third kappa shape index (κ3) is 3.01. The van der Waals surface area contributed by atoms with Crippen LogP contribution in [0.2, 0.25) is 0 Å². The number of aliphatic hydroxyl groups excluding tert-OH is 1. The van der Waals surface area contributed by atoms with Crippen LogP contribution in [0.1, 0.15) is 11.1 Å². The van der Waals surface area contributed by atoms with Gasteiger partial charge >= 0.3 is 0 Å². The SMILES string of the molecule is Cc1c(CO)cc(S(N)(=O)=O)cc1S(=O)(=O)O. The molecule has 17 heavy (non-hydrogen) atoms. The highest BCUT2D eigenvalue weighted by molar-refractivity contribution is 7.89. The van der Waals surface area contributed by atoms with Gasteiger partial charge in [0.15, 0.2) is 0 Å². The fourth-order valence-electron chi connectivity index (χ4n) is 1.31. The van der Waals surface area contributed by atoms with E-state index in [9.17, 15) is 16.8 Å². The van der Waals surface area contributed by atoms with Crippen LogP contribution in [-0.2, 0) is 26.7 Å². The monoisotopic (exact) mass is 281 g/mol. The van der Waals surface area contributed by atoms with E-state index >= 15 is 0 Å². The van der Waals surface area contributed by atoms with Gasteiger partial charge in [0.2, 0.25) is 10.0 Å². The van der Waals surface area contributed by atoms with Crippen molar-refractivity contribution in [2.45, 2.75) is 23.3 Å². The van der Waals surface area contributed by atoms with Crippen molar-refractivity contribution >= 4 is 20.1 Å². The predicted molar refractivity (Wildman–Crippen MR) is 58.3 cm³/mol. The Morgan fingerprint density at radius 1 is 1.24 bits per heavy atom. The number of benzene rings is 1. The quantitative estimate of drug-likeness (QED) is 0.632. The summed E-state index contributed by atoms with van der Waals surface area (Å²) >= 11 is 0. The van der Waals surface area contributed by atoms with Crippen LogP contribution in [0.3, 0.4) is 0 Å². The minimum Gasteiger partial charge on any atom is -0.392 e. The van der Waals surface area contributed by atoms with E-state index in [4.69, 9.17) is 14.8 Å². The van der Waals surface area contributed by atoms with Crippen molar-refractivity contribution in [1.29, 1.82) is 0 Å². The first kappa shape index (κ1) is 14.1. The summed E-state index contributed by atoms with van der Waals surface area (Å²) in [6, 6.07) is 1.80. The van der Waals surface area contributed by atoms with Gasteiger partial charge in [-0.15, -0.1) is 0 Å². The Kier molecular flexibility index (Phi) is 3.60. The summed E-state index contributed by atoms with van der Waals surface area (Å²) in [5.74, 6) is 0. The Morgan fingerprint density at radius 2 is 1.76 bits per heavy atom. The molecule has 7 nitrogen and oxygen atoms in total. The van der Waals surface area contributed by atoms with E-state index in [1.807, 2.05) is 0 Å². The molecule has 0 unspecified atom stereocenters. The van der Waals surface area contributed by atoms with Crippen molar-refractivity contribution in [3.63, 3.8) is 0 Å². The van der Waals surface area contributed by atoms with Gasteiger partial charge in [-0.3, -0.25) is 4.55 Å². The van der Waals surface area contributed by atoms with Crippen LogP contribution in [-0.4, -0.2) is 26.5 Å². The Labute approximate surface area is 98.7 Å². The lowest BCUT2D eigenvalue weighted by Gasteiger charge is -2.10. The van der Waals surface area contributed by atoms with Gasteiger partial charge in [-0.1, -0.05) is 0 Å². The molecule has 96 valence electrons. The standard InChI is InChI=1S/C8H11NO6S2/c1-5-6(4-10)2-7(16(9,11)12)3-8(5)17(13,14)15/h2-3,10H,4H2,1H3,(H2,9,11,12)(H,13,14,15). The van der Waals surface area contributed by atoms with Crippen LogP contribution in [0, 0.1) is 6.92 Å². The number of hydrogen-bond acceptors (Lipinski definition) is 5. The zero-order valence-electron chi connectivity index (χ0n) is 8.78. The number of aliphatic hydroxyl groups is 1. The van der Waals surface area contributed by atoms with E-state index in [0.29, 0.717) is 0 Å². The first-order valence-corrected chi connectivity index (χ1v) is 7.30. The van der Waals surface area contributed by atoms with Gasteiger partial charge in [0.05, 0.1) is 16.4 Å². The molecule has 0 saturated carbocycles. The van der Waals surface area contributed by atoms with E-state index in [0.717, 1.165) is 12.1 Å². The van der Waals surface area contributed by atoms with Crippen LogP contribution in [0.5, 0.6) is 0 Å². The molecule has 0 bridgehead atoms. The number of primary sulfonamides is 1. The zero-order chi connectivity index (χ0) is 13.4. The van der Waals surface area contributed by atoms with Crippen LogP contribution < -0.4 is 5.14 Å². The minimum atomic E-state index is -4.58. The fourth-order valence-corrected chi connectivity index (χ4v) is 2.77. The lowest BCUT2D eigenvalue weighted by molar-refractivity contribution is 0.280. The second-order valence-electron chi connectivity index (χ2n) is 3.38. The molecule has 1 aromatic carbocycles. The van der Waals surface area contributed by atoms with Crippen LogP contribution in [0.15, 0.2) is 21.9 Å². The summed E-state index contributed by atoms with van der Waals surface area (Å²) in [5, 5.41) is 13.8. The number of hydrogen-bond donors (Lipinski definition) is 3. The molecular weight excluding hydrogens is 270 g/mol. The normalized spacial score (nSPS) is 12.7. The van der Waals surface area contributed by atoms with E-state index in [1.54, 1.807) is 0 Å². The van der Waals surface area contributed by atoms with Crippen molar-refractivity contribution in [2.24, 2.45) is 5.14 Å². The van der Waals surface area contributed by atoms with Gasteiger partial charge in [0.25, 0.3) is 10.1 Å². The molecule has 4 N–H and O–H groups in total. The smallest absolute Gasteiger partial charge is 0.294 e. The second-order valence-corrected chi connectivity index (χ2v) is 6.34. The maximum atomic E-state index is 11.1. The first-order chi connectivity index (χ1) is 7.57. The molecule has 1 aromatic rings. The summed E-state index contributed by atoms with van der Waals surface area (Å²) in [6.45, 7) is 0.763. The molecule has 0 aliphatic heterocycles. The third-order valence-electron chi connectivity index (χ3n) is 2.22. The van der Waals surface area contributed by atoms with Crippen LogP contribution >= 0.6 is 0 Å². The average molecular weight is 281 g/mol. The Balaban J connectivity index is 3.74. The third-order valence-corrected chi connectivity index (χ3v) is 4.09.